The van der Waals surface area contributed by atoms with Crippen molar-refractivity contribution in [3.8, 4) is 0 Å². The number of imide groups is 1. The van der Waals surface area contributed by atoms with Gasteiger partial charge in [-0.05, 0) is 12.8 Å². The van der Waals surface area contributed by atoms with Crippen LogP contribution in [0.2, 0.25) is 0 Å². The third-order valence-corrected chi connectivity index (χ3v) is 7.20. The molecule has 0 aromatic rings. The molecular formula is C25H53BrN2Na2O2. The topological polar surface area (TPSA) is 72.2 Å². The van der Waals surface area contributed by atoms with E-state index in [4.69, 9.17) is 5.73 Å². The van der Waals surface area contributed by atoms with Gasteiger partial charge in [0.25, 0.3) is 0 Å². The fourth-order valence-electron chi connectivity index (χ4n) is 3.42. The first-order valence-corrected chi connectivity index (χ1v) is 13.5. The van der Waals surface area contributed by atoms with Crippen molar-refractivity contribution in [2.24, 2.45) is 5.73 Å². The SMILES string of the molecule is CCC(Br)(CC)C(=O)NC(N)=O.CCCCCCCCCCCCCCCCCC.[NaH].[NaH]. The van der Waals surface area contributed by atoms with Gasteiger partial charge in [0.15, 0.2) is 0 Å². The summed E-state index contributed by atoms with van der Waals surface area (Å²) >= 11 is 3.26. The van der Waals surface area contributed by atoms with Crippen molar-refractivity contribution < 1.29 is 9.59 Å². The Bertz CT molecular complexity index is 393. The molecule has 0 radical (unpaired) electrons. The first-order valence-electron chi connectivity index (χ1n) is 12.7. The predicted octanol–water partition coefficient (Wildman–Crippen LogP) is 7.11. The molecule has 184 valence electrons. The number of unbranched alkanes of at least 4 members (excludes halogenated alkanes) is 15. The van der Waals surface area contributed by atoms with Gasteiger partial charge in [-0.15, -0.1) is 0 Å². The maximum absolute atomic E-state index is 11.3. The fraction of sp³-hybridized carbons (Fsp3) is 0.920. The number of rotatable bonds is 18. The number of alkyl halides is 1. The van der Waals surface area contributed by atoms with E-state index < -0.39 is 10.4 Å². The Labute approximate surface area is 252 Å². The van der Waals surface area contributed by atoms with E-state index in [0.717, 1.165) is 0 Å². The molecule has 3 N–H and O–H groups in total. The minimum atomic E-state index is -0.814. The van der Waals surface area contributed by atoms with Crippen LogP contribution in [0.3, 0.4) is 0 Å². The zero-order valence-corrected chi connectivity index (χ0v) is 22.1. The summed E-state index contributed by atoms with van der Waals surface area (Å²) in [5.41, 5.74) is 4.81. The number of nitrogens with one attached hydrogen (secondary N) is 1. The summed E-state index contributed by atoms with van der Waals surface area (Å²) in [5, 5.41) is 2.04. The standard InChI is InChI=1S/C18H38.C7H13BrN2O2.2Na.2H/c1-3-5-7-9-11-13-15-17-18-16-14-12-10-8-6-4-2;1-3-7(8,4-2)5(11)10-6(9)12;;;;/h3-18H2,1-2H3;3-4H2,1-2H3,(H3,9,10,11,12);;;;. The number of carbonyl (C=O) groups is 2. The molecule has 0 aromatic carbocycles. The van der Waals surface area contributed by atoms with E-state index in [0.29, 0.717) is 12.8 Å². The molecule has 0 aromatic heterocycles. The summed E-state index contributed by atoms with van der Waals surface area (Å²) in [4.78, 5) is 21.6. The number of urea groups is 1. The van der Waals surface area contributed by atoms with Crippen LogP contribution >= 0.6 is 15.9 Å². The van der Waals surface area contributed by atoms with Crippen LogP contribution < -0.4 is 11.1 Å². The molecule has 0 atom stereocenters. The first kappa shape index (κ1) is 40.6. The van der Waals surface area contributed by atoms with Crippen LogP contribution in [0.15, 0.2) is 0 Å². The van der Waals surface area contributed by atoms with Crippen molar-refractivity contribution in [3.63, 3.8) is 0 Å². The zero-order chi connectivity index (χ0) is 23.1. The quantitative estimate of drug-likeness (QED) is 0.111. The molecule has 0 heterocycles. The van der Waals surface area contributed by atoms with Gasteiger partial charge in [0, 0.05) is 0 Å². The van der Waals surface area contributed by atoms with Crippen molar-refractivity contribution in [2.45, 2.75) is 148 Å². The van der Waals surface area contributed by atoms with Crippen LogP contribution in [0.25, 0.3) is 0 Å². The Morgan fingerprint density at radius 2 is 0.875 bits per heavy atom. The van der Waals surface area contributed by atoms with Crippen LogP contribution in [-0.2, 0) is 4.79 Å². The number of nitrogens with two attached hydrogens (primary N) is 1. The molecule has 0 unspecified atom stereocenters. The van der Waals surface area contributed by atoms with Gasteiger partial charge in [0.1, 0.15) is 4.32 Å². The molecule has 0 aliphatic carbocycles. The summed E-state index contributed by atoms with van der Waals surface area (Å²) in [6.45, 7) is 8.31. The molecule has 0 saturated heterocycles. The molecule has 0 rings (SSSR count). The Kier molecular flexibility index (Phi) is 38.6. The molecular weight excluding hydrogens is 486 g/mol. The number of hydrogen-bond acceptors (Lipinski definition) is 2. The van der Waals surface area contributed by atoms with Crippen molar-refractivity contribution in [1.29, 1.82) is 0 Å². The molecule has 0 bridgehead atoms. The van der Waals surface area contributed by atoms with Crippen LogP contribution in [0, 0.1) is 0 Å². The van der Waals surface area contributed by atoms with Gasteiger partial charge in [-0.3, -0.25) is 10.1 Å². The summed E-state index contributed by atoms with van der Waals surface area (Å²) in [7, 11) is 0. The van der Waals surface area contributed by atoms with Crippen molar-refractivity contribution in [2.75, 3.05) is 0 Å². The normalized spacial score (nSPS) is 10.3. The molecule has 0 spiro atoms. The number of amides is 3. The molecule has 0 aliphatic heterocycles. The van der Waals surface area contributed by atoms with E-state index in [1.165, 1.54) is 103 Å². The van der Waals surface area contributed by atoms with E-state index in [-0.39, 0.29) is 65.0 Å². The second kappa shape index (κ2) is 30.5. The van der Waals surface area contributed by atoms with Crippen LogP contribution in [-0.4, -0.2) is 75.4 Å². The predicted molar refractivity (Wildman–Crippen MR) is 149 cm³/mol. The van der Waals surface area contributed by atoms with Crippen LogP contribution in [0.5, 0.6) is 0 Å². The molecule has 3 amide bonds. The zero-order valence-electron chi connectivity index (χ0n) is 20.5. The summed E-state index contributed by atoms with van der Waals surface area (Å²) in [5.74, 6) is -0.375. The minimum absolute atomic E-state index is 0. The van der Waals surface area contributed by atoms with E-state index in [9.17, 15) is 9.59 Å². The van der Waals surface area contributed by atoms with Gasteiger partial charge in [-0.2, -0.15) is 0 Å². The van der Waals surface area contributed by atoms with Crippen molar-refractivity contribution >= 4 is 87.0 Å². The first-order chi connectivity index (χ1) is 14.4. The summed E-state index contributed by atoms with van der Waals surface area (Å²) in [6, 6.07) is -0.814. The van der Waals surface area contributed by atoms with E-state index in [2.05, 4.69) is 29.8 Å². The number of carbonyl (C=O) groups excluding carboxylic acids is 2. The van der Waals surface area contributed by atoms with Gasteiger partial charge in [-0.25, -0.2) is 4.79 Å². The monoisotopic (exact) mass is 538 g/mol. The van der Waals surface area contributed by atoms with Crippen molar-refractivity contribution in [1.82, 2.24) is 5.32 Å². The van der Waals surface area contributed by atoms with Crippen LogP contribution in [0.1, 0.15) is 143 Å². The molecule has 7 heteroatoms. The van der Waals surface area contributed by atoms with E-state index in [1.54, 1.807) is 0 Å². The molecule has 0 fully saturated rings. The maximum atomic E-state index is 11.3. The van der Waals surface area contributed by atoms with E-state index in [1.807, 2.05) is 19.2 Å². The molecule has 0 saturated carbocycles. The number of hydrogen-bond donors (Lipinski definition) is 2. The molecule has 0 aliphatic rings. The van der Waals surface area contributed by atoms with Crippen LogP contribution in [0.4, 0.5) is 4.79 Å². The van der Waals surface area contributed by atoms with Crippen molar-refractivity contribution in [3.05, 3.63) is 0 Å². The molecule has 4 nitrogen and oxygen atoms in total. The number of halogens is 1. The fourth-order valence-corrected chi connectivity index (χ4v) is 3.52. The second-order valence-electron chi connectivity index (χ2n) is 8.44. The van der Waals surface area contributed by atoms with Gasteiger partial charge >= 0.3 is 65.1 Å². The Morgan fingerprint density at radius 1 is 0.625 bits per heavy atom. The van der Waals surface area contributed by atoms with Gasteiger partial charge < -0.3 is 5.73 Å². The summed E-state index contributed by atoms with van der Waals surface area (Å²) in [6.07, 6.45) is 24.6. The summed E-state index contributed by atoms with van der Waals surface area (Å²) < 4.78 is -0.665. The van der Waals surface area contributed by atoms with E-state index >= 15 is 0 Å². The third-order valence-electron chi connectivity index (χ3n) is 5.72. The third kappa shape index (κ3) is 27.7. The van der Waals surface area contributed by atoms with Gasteiger partial charge in [0.05, 0.1) is 0 Å². The van der Waals surface area contributed by atoms with Gasteiger partial charge in [-0.1, -0.05) is 146 Å². The second-order valence-corrected chi connectivity index (χ2v) is 9.96. The molecule has 32 heavy (non-hydrogen) atoms. The Balaban J connectivity index is -0.000000247. The van der Waals surface area contributed by atoms with Gasteiger partial charge in [0.2, 0.25) is 5.91 Å². The Morgan fingerprint density at radius 3 is 1.06 bits per heavy atom. The number of primary amides is 1. The average molecular weight is 540 g/mol. The average Bonchev–Trinajstić information content (AvgIpc) is 2.73. The Hall–Kier alpha value is 1.42.